The molecule has 0 spiro atoms. The summed E-state index contributed by atoms with van der Waals surface area (Å²) >= 11 is 7.05. The Bertz CT molecular complexity index is 8810. The number of benzene rings is 22. The van der Waals surface area contributed by atoms with E-state index in [1.807, 2.05) is 133 Å². The average molecular weight is 1750 g/mol. The summed E-state index contributed by atoms with van der Waals surface area (Å²) in [7, 11) is -10.3. The molecule has 0 radical (unpaired) electrons. The van der Waals surface area contributed by atoms with Gasteiger partial charge in [-0.2, -0.15) is 0 Å². The molecule has 0 aliphatic rings. The minimum atomic E-state index is -3.47. The van der Waals surface area contributed by atoms with Crippen LogP contribution in [0.2, 0.25) is 0 Å². The molecule has 0 aliphatic carbocycles. The van der Waals surface area contributed by atoms with Crippen LogP contribution in [0, 0.1) is 0 Å². The van der Waals surface area contributed by atoms with Crippen LogP contribution in [-0.4, -0.2) is 18.8 Å². The van der Waals surface area contributed by atoms with E-state index in [2.05, 4.69) is 336 Å². The third-order valence-electron chi connectivity index (χ3n) is 26.9. The van der Waals surface area contributed by atoms with E-state index in [1.165, 1.54) is 10.8 Å². The third-order valence-corrected chi connectivity index (χ3v) is 40.9. The average Bonchev–Trinajstić information content (AvgIpc) is 1.52. The van der Waals surface area contributed by atoms with Crippen molar-refractivity contribution in [2.24, 2.45) is 0 Å². The largest absolute Gasteiger partial charge is 0.309 e. The predicted octanol–water partition coefficient (Wildman–Crippen LogP) is 25.5. The molecule has 22 aromatic carbocycles. The van der Waals surface area contributed by atoms with E-state index in [0.717, 1.165) is 210 Å². The first-order valence-corrected chi connectivity index (χ1v) is 51.7. The summed E-state index contributed by atoms with van der Waals surface area (Å²) in [6.45, 7) is 0. The second kappa shape index (κ2) is 30.5. The van der Waals surface area contributed by atoms with E-state index in [-0.39, 0.29) is 0 Å². The molecule has 130 heavy (non-hydrogen) atoms. The van der Waals surface area contributed by atoms with Crippen LogP contribution in [-0.2, 0) is 25.5 Å². The van der Waals surface area contributed by atoms with Crippen LogP contribution in [0.15, 0.2) is 461 Å². The Labute approximate surface area is 753 Å². The fourth-order valence-corrected chi connectivity index (χ4v) is 32.2. The number of rotatable bonds is 12. The summed E-state index contributed by atoms with van der Waals surface area (Å²) in [5, 5.41) is 34.4. The molecule has 7 nitrogen and oxygen atoms in total. The number of nitrogens with zero attached hydrogens (tertiary/aromatic N) is 4. The summed E-state index contributed by atoms with van der Waals surface area (Å²) in [5.41, 5.74) is 6.94. The van der Waals surface area contributed by atoms with Gasteiger partial charge in [-0.3, -0.25) is 8.80 Å². The Hall–Kier alpha value is -14.8. The summed E-state index contributed by atoms with van der Waals surface area (Å²) in [4.78, 5) is 11.1. The summed E-state index contributed by atoms with van der Waals surface area (Å²) in [5.74, 6) is 0. The predicted molar refractivity (Wildman–Crippen MR) is 560 cm³/mol. The molecule has 2 atom stereocenters. The summed E-state index contributed by atoms with van der Waals surface area (Å²) in [6.07, 6.45) is 0. The molecule has 26 rings (SSSR count). The number of hydrogen-bond donors (Lipinski definition) is 0. The minimum absolute atomic E-state index is 0.711. The van der Waals surface area contributed by atoms with Crippen LogP contribution in [0.25, 0.3) is 163 Å². The molecular formula is C118H76N4O3P4S. The maximum Gasteiger partial charge on any atom is 0.171 e. The number of fused-ring (bicyclic) bond motifs is 26. The third kappa shape index (κ3) is 12.2. The van der Waals surface area contributed by atoms with Crippen molar-refractivity contribution in [2.45, 2.75) is 0 Å². The highest BCUT2D eigenvalue weighted by Crippen LogP contribution is 2.51. The van der Waals surface area contributed by atoms with Gasteiger partial charge in [0, 0.05) is 75.3 Å². The number of pyridine rings is 2. The minimum Gasteiger partial charge on any atom is -0.309 e. The van der Waals surface area contributed by atoms with Gasteiger partial charge in [0.2, 0.25) is 0 Å². The van der Waals surface area contributed by atoms with E-state index in [1.54, 1.807) is 0 Å². The summed E-state index contributed by atoms with van der Waals surface area (Å²) in [6, 6.07) is 157. The quantitative estimate of drug-likeness (QED) is 0.0895. The van der Waals surface area contributed by atoms with Crippen molar-refractivity contribution >= 4 is 266 Å². The highest BCUT2D eigenvalue weighted by atomic mass is 32.4. The Balaban J connectivity index is 0.000000140. The smallest absolute Gasteiger partial charge is 0.171 e. The Morgan fingerprint density at radius 3 is 0.785 bits per heavy atom. The van der Waals surface area contributed by atoms with E-state index in [9.17, 15) is 0 Å². The molecule has 26 aromatic rings. The lowest BCUT2D eigenvalue weighted by molar-refractivity contribution is 0.591. The standard InChI is InChI=1S/C59H38N2O2P2.C59H38N2OP2S/c62-64(46-19-2-1-3-20-46,47-26-22-39-12-4-7-16-43(39)34-47)51-29-32-53-54-31-25-42-15-10-11-21-52(42)58(54)59-60-55-37-50(30-33-56(55)61(59)57(53)38-51)65(63,48-27-23-40-13-5-8-17-44(40)35-48)49-28-24-41-14-6-9-18-45(41)36-49;62-63(47-26-22-39-12-4-7-16-43(39)34-47,48-27-23-40-13-5-8-17-44(40)35-48)49-30-33-56-55(37-49)60-59-58-52-21-11-10-15-42(52)25-31-54(58)53-32-29-51(38-57(53)61(56)59)64(65,46-19-2-1-3-20-46)50-28-24-41-14-6-9-18-45(41)36-50/h2*1-38H. The van der Waals surface area contributed by atoms with Crippen molar-refractivity contribution in [2.75, 3.05) is 0 Å². The van der Waals surface area contributed by atoms with Gasteiger partial charge in [0.25, 0.3) is 0 Å². The monoisotopic (exact) mass is 1750 g/mol. The van der Waals surface area contributed by atoms with Gasteiger partial charge in [0.1, 0.15) is 11.3 Å². The fraction of sp³-hybridized carbons (Fsp3) is 0. The first kappa shape index (κ1) is 77.5. The highest BCUT2D eigenvalue weighted by molar-refractivity contribution is 8.25. The maximum absolute atomic E-state index is 16.4. The molecule has 0 N–H and O–H groups in total. The molecule has 0 bridgehead atoms. The van der Waals surface area contributed by atoms with Crippen molar-refractivity contribution in [1.82, 2.24) is 18.8 Å². The number of imidazole rings is 2. The second-order valence-electron chi connectivity index (χ2n) is 34.0. The normalized spacial score (nSPS) is 13.2. The van der Waals surface area contributed by atoms with Crippen molar-refractivity contribution in [1.29, 1.82) is 0 Å². The molecule has 4 aromatic heterocycles. The van der Waals surface area contributed by atoms with Gasteiger partial charge in [-0.05, 0) is 198 Å². The molecule has 0 aliphatic heterocycles. The SMILES string of the molecule is O=P(c1ccc2ccccc2c1)(c1ccc2ccccc2c1)c1ccc2c(c1)nc1c3c4ccccc4ccc3c3ccc(P(=O)(c4ccccc4)c4ccc5ccccc5c4)cc3n21.O=P(c1ccc2ccccc2c1)(c1ccc2ccccc2c1)c1ccc2c(c1)nc1c3c4ccccc4ccc3c3ccc(P(=S)(c4ccccc4)c4ccc5ccccc5c4)cc3n21. The zero-order valence-electron chi connectivity index (χ0n) is 70.1. The van der Waals surface area contributed by atoms with Gasteiger partial charge in [0.05, 0.1) is 33.1 Å². The van der Waals surface area contributed by atoms with Crippen LogP contribution >= 0.6 is 27.5 Å². The topological polar surface area (TPSA) is 85.8 Å². The molecule has 12 heteroatoms. The zero-order valence-corrected chi connectivity index (χ0v) is 74.5. The molecule has 0 amide bonds. The van der Waals surface area contributed by atoms with Crippen molar-refractivity contribution in [3.63, 3.8) is 0 Å². The van der Waals surface area contributed by atoms with Gasteiger partial charge in [-0.1, -0.05) is 388 Å². The molecule has 0 saturated carbocycles. The van der Waals surface area contributed by atoms with Gasteiger partial charge < -0.3 is 13.7 Å². The number of aromatic nitrogens is 4. The molecule has 612 valence electrons. The van der Waals surface area contributed by atoms with Crippen LogP contribution in [0.4, 0.5) is 0 Å². The molecule has 2 unspecified atom stereocenters. The van der Waals surface area contributed by atoms with E-state index in [0.29, 0.717) is 5.30 Å². The van der Waals surface area contributed by atoms with Gasteiger partial charge in [-0.25, -0.2) is 9.97 Å². The second-order valence-corrected chi connectivity index (χ2v) is 46.7. The Kier molecular flexibility index (Phi) is 18.2. The first-order chi connectivity index (χ1) is 63.9. The van der Waals surface area contributed by atoms with Crippen molar-refractivity contribution in [3.05, 3.63) is 461 Å². The van der Waals surface area contributed by atoms with Crippen LogP contribution in [0.1, 0.15) is 0 Å². The van der Waals surface area contributed by atoms with Crippen LogP contribution in [0.5, 0.6) is 0 Å². The Morgan fingerprint density at radius 1 is 0.177 bits per heavy atom. The first-order valence-electron chi connectivity index (χ1n) is 43.8. The van der Waals surface area contributed by atoms with Crippen LogP contribution in [0.3, 0.4) is 0 Å². The van der Waals surface area contributed by atoms with Crippen molar-refractivity contribution < 1.29 is 13.7 Å². The number of hydrogen-bond acceptors (Lipinski definition) is 6. The zero-order chi connectivity index (χ0) is 86.6. The van der Waals surface area contributed by atoms with Gasteiger partial charge >= 0.3 is 0 Å². The van der Waals surface area contributed by atoms with Crippen LogP contribution < -0.4 is 63.7 Å². The van der Waals surface area contributed by atoms with E-state index in [4.69, 9.17) is 21.8 Å². The molecule has 4 heterocycles. The lowest BCUT2D eigenvalue weighted by Gasteiger charge is -2.25. The van der Waals surface area contributed by atoms with Gasteiger partial charge in [0.15, 0.2) is 21.4 Å². The molecule has 0 fully saturated rings. The lowest BCUT2D eigenvalue weighted by Crippen LogP contribution is -2.25. The summed E-state index contributed by atoms with van der Waals surface area (Å²) < 4.78 is 53.6. The molecule has 0 saturated heterocycles. The van der Waals surface area contributed by atoms with Gasteiger partial charge in [-0.15, -0.1) is 0 Å². The fourth-order valence-electron chi connectivity index (χ4n) is 20.4. The van der Waals surface area contributed by atoms with Crippen molar-refractivity contribution in [3.8, 4) is 0 Å². The lowest BCUT2D eigenvalue weighted by atomic mass is 9.99. The van der Waals surface area contributed by atoms with E-state index >= 15 is 13.7 Å². The molecular weight excluding hydrogens is 1680 g/mol. The van der Waals surface area contributed by atoms with E-state index < -0.39 is 27.5 Å². The highest BCUT2D eigenvalue weighted by Gasteiger charge is 2.36. The Morgan fingerprint density at radius 2 is 0.415 bits per heavy atom. The maximum atomic E-state index is 16.4.